The maximum absolute atomic E-state index is 10.9. The molecular formula is C16H22O3. The van der Waals surface area contributed by atoms with Crippen LogP contribution in [0.25, 0.3) is 0 Å². The van der Waals surface area contributed by atoms with Gasteiger partial charge in [-0.05, 0) is 43.7 Å². The Labute approximate surface area is 114 Å². The SMILES string of the molecule is COc1cccc(O[C@H]2CCCC(C(C)C=O)C2)c1. The van der Waals surface area contributed by atoms with Crippen LogP contribution < -0.4 is 9.47 Å². The van der Waals surface area contributed by atoms with Crippen molar-refractivity contribution in [2.24, 2.45) is 11.8 Å². The van der Waals surface area contributed by atoms with Crippen molar-refractivity contribution in [2.45, 2.75) is 38.7 Å². The van der Waals surface area contributed by atoms with E-state index in [1.807, 2.05) is 31.2 Å². The van der Waals surface area contributed by atoms with Gasteiger partial charge in [0, 0.05) is 12.0 Å². The van der Waals surface area contributed by atoms with Crippen molar-refractivity contribution < 1.29 is 14.3 Å². The lowest BCUT2D eigenvalue weighted by molar-refractivity contribution is -0.112. The first-order valence-corrected chi connectivity index (χ1v) is 6.99. The lowest BCUT2D eigenvalue weighted by Gasteiger charge is -2.31. The van der Waals surface area contributed by atoms with Crippen molar-refractivity contribution in [1.29, 1.82) is 0 Å². The normalized spacial score (nSPS) is 24.5. The van der Waals surface area contributed by atoms with Crippen LogP contribution in [0.1, 0.15) is 32.6 Å². The molecule has 0 amide bonds. The molecule has 2 unspecified atom stereocenters. The van der Waals surface area contributed by atoms with Crippen molar-refractivity contribution in [1.82, 2.24) is 0 Å². The minimum atomic E-state index is 0.136. The van der Waals surface area contributed by atoms with Gasteiger partial charge in [0.15, 0.2) is 0 Å². The molecule has 3 nitrogen and oxygen atoms in total. The Morgan fingerprint density at radius 2 is 2.11 bits per heavy atom. The van der Waals surface area contributed by atoms with Crippen molar-refractivity contribution >= 4 is 6.29 Å². The lowest BCUT2D eigenvalue weighted by Crippen LogP contribution is -2.29. The van der Waals surface area contributed by atoms with Crippen LogP contribution in [0.3, 0.4) is 0 Å². The summed E-state index contributed by atoms with van der Waals surface area (Å²) in [7, 11) is 1.65. The van der Waals surface area contributed by atoms with Gasteiger partial charge >= 0.3 is 0 Å². The number of ether oxygens (including phenoxy) is 2. The zero-order valence-electron chi connectivity index (χ0n) is 11.7. The zero-order valence-corrected chi connectivity index (χ0v) is 11.7. The molecule has 1 aliphatic carbocycles. The highest BCUT2D eigenvalue weighted by Gasteiger charge is 2.27. The van der Waals surface area contributed by atoms with Gasteiger partial charge < -0.3 is 14.3 Å². The number of methoxy groups -OCH3 is 1. The molecule has 1 fully saturated rings. The number of carbonyl (C=O) groups excluding carboxylic acids is 1. The Bertz CT molecular complexity index is 416. The van der Waals surface area contributed by atoms with E-state index < -0.39 is 0 Å². The predicted octanol–water partition coefficient (Wildman–Crippen LogP) is 3.47. The van der Waals surface area contributed by atoms with Crippen LogP contribution in [0, 0.1) is 11.8 Å². The topological polar surface area (TPSA) is 35.5 Å². The van der Waals surface area contributed by atoms with Gasteiger partial charge in [0.2, 0.25) is 0 Å². The molecule has 0 aromatic heterocycles. The van der Waals surface area contributed by atoms with Crippen LogP contribution in [-0.2, 0) is 4.79 Å². The highest BCUT2D eigenvalue weighted by Crippen LogP contribution is 2.32. The van der Waals surface area contributed by atoms with Gasteiger partial charge in [-0.15, -0.1) is 0 Å². The van der Waals surface area contributed by atoms with E-state index in [1.54, 1.807) is 7.11 Å². The molecule has 1 aliphatic rings. The molecule has 1 aromatic carbocycles. The van der Waals surface area contributed by atoms with Crippen LogP contribution in [0.2, 0.25) is 0 Å². The molecule has 0 radical (unpaired) electrons. The van der Waals surface area contributed by atoms with E-state index in [1.165, 1.54) is 0 Å². The number of rotatable bonds is 5. The Hall–Kier alpha value is -1.51. The molecule has 1 aromatic rings. The molecule has 0 aliphatic heterocycles. The molecular weight excluding hydrogens is 240 g/mol. The smallest absolute Gasteiger partial charge is 0.123 e. The van der Waals surface area contributed by atoms with E-state index in [4.69, 9.17) is 9.47 Å². The molecule has 0 spiro atoms. The summed E-state index contributed by atoms with van der Waals surface area (Å²) in [5.74, 6) is 2.26. The summed E-state index contributed by atoms with van der Waals surface area (Å²) in [6.07, 6.45) is 5.60. The fraction of sp³-hybridized carbons (Fsp3) is 0.562. The molecule has 0 N–H and O–H groups in total. The molecule has 19 heavy (non-hydrogen) atoms. The van der Waals surface area contributed by atoms with Crippen LogP contribution in [-0.4, -0.2) is 19.5 Å². The minimum Gasteiger partial charge on any atom is -0.497 e. The number of hydrogen-bond donors (Lipinski definition) is 0. The summed E-state index contributed by atoms with van der Waals surface area (Å²) >= 11 is 0. The van der Waals surface area contributed by atoms with Crippen LogP contribution in [0.5, 0.6) is 11.5 Å². The number of carbonyl (C=O) groups is 1. The quantitative estimate of drug-likeness (QED) is 0.762. The second kappa shape index (κ2) is 6.60. The Kier molecular flexibility index (Phi) is 4.83. The summed E-state index contributed by atoms with van der Waals surface area (Å²) in [6.45, 7) is 2.01. The van der Waals surface area contributed by atoms with E-state index in [9.17, 15) is 4.79 Å². The summed E-state index contributed by atoms with van der Waals surface area (Å²) in [5, 5.41) is 0. The van der Waals surface area contributed by atoms with E-state index in [0.29, 0.717) is 5.92 Å². The fourth-order valence-corrected chi connectivity index (χ4v) is 2.74. The van der Waals surface area contributed by atoms with Crippen molar-refractivity contribution in [3.8, 4) is 11.5 Å². The molecule has 3 heteroatoms. The van der Waals surface area contributed by atoms with E-state index in [0.717, 1.165) is 43.5 Å². The summed E-state index contributed by atoms with van der Waals surface area (Å²) in [6, 6.07) is 7.70. The van der Waals surface area contributed by atoms with Crippen molar-refractivity contribution in [3.05, 3.63) is 24.3 Å². The molecule has 0 saturated heterocycles. The van der Waals surface area contributed by atoms with Crippen LogP contribution in [0.4, 0.5) is 0 Å². The van der Waals surface area contributed by atoms with Gasteiger partial charge in [-0.1, -0.05) is 13.0 Å². The highest BCUT2D eigenvalue weighted by atomic mass is 16.5. The van der Waals surface area contributed by atoms with Gasteiger partial charge in [-0.3, -0.25) is 0 Å². The largest absolute Gasteiger partial charge is 0.497 e. The zero-order chi connectivity index (χ0) is 13.7. The summed E-state index contributed by atoms with van der Waals surface area (Å²) < 4.78 is 11.2. The molecule has 3 atom stereocenters. The Morgan fingerprint density at radius 3 is 2.84 bits per heavy atom. The average Bonchev–Trinajstić information content (AvgIpc) is 2.47. The molecule has 1 saturated carbocycles. The second-order valence-electron chi connectivity index (χ2n) is 5.34. The van der Waals surface area contributed by atoms with Crippen LogP contribution in [0.15, 0.2) is 24.3 Å². The first-order valence-electron chi connectivity index (χ1n) is 6.99. The number of hydrogen-bond acceptors (Lipinski definition) is 3. The predicted molar refractivity (Wildman–Crippen MR) is 74.6 cm³/mol. The first-order chi connectivity index (χ1) is 9.22. The third-order valence-electron chi connectivity index (χ3n) is 3.97. The Morgan fingerprint density at radius 1 is 1.32 bits per heavy atom. The van der Waals surface area contributed by atoms with Crippen molar-refractivity contribution in [3.63, 3.8) is 0 Å². The molecule has 104 valence electrons. The second-order valence-corrected chi connectivity index (χ2v) is 5.34. The number of benzene rings is 1. The van der Waals surface area contributed by atoms with Gasteiger partial charge in [0.1, 0.15) is 17.8 Å². The van der Waals surface area contributed by atoms with E-state index in [-0.39, 0.29) is 12.0 Å². The number of aldehydes is 1. The highest BCUT2D eigenvalue weighted by molar-refractivity contribution is 5.53. The monoisotopic (exact) mass is 262 g/mol. The van der Waals surface area contributed by atoms with Gasteiger partial charge in [-0.25, -0.2) is 0 Å². The summed E-state index contributed by atoms with van der Waals surface area (Å²) in [5.41, 5.74) is 0. The molecule has 0 bridgehead atoms. The molecule has 0 heterocycles. The van der Waals surface area contributed by atoms with Gasteiger partial charge in [-0.2, -0.15) is 0 Å². The standard InChI is InChI=1S/C16H22O3/c1-12(11-17)13-5-3-7-15(9-13)19-16-8-4-6-14(10-16)18-2/h4,6,8,10-13,15H,3,5,7,9H2,1-2H3/t12?,13?,15-/m0/s1. The average molecular weight is 262 g/mol. The van der Waals surface area contributed by atoms with Gasteiger partial charge in [0.05, 0.1) is 13.2 Å². The van der Waals surface area contributed by atoms with Gasteiger partial charge in [0.25, 0.3) is 0 Å². The third-order valence-corrected chi connectivity index (χ3v) is 3.97. The first kappa shape index (κ1) is 13.9. The van der Waals surface area contributed by atoms with Crippen LogP contribution >= 0.6 is 0 Å². The maximum atomic E-state index is 10.9. The minimum absolute atomic E-state index is 0.136. The Balaban J connectivity index is 1.96. The van der Waals surface area contributed by atoms with E-state index in [2.05, 4.69) is 0 Å². The van der Waals surface area contributed by atoms with Crippen molar-refractivity contribution in [2.75, 3.05) is 7.11 Å². The summed E-state index contributed by atoms with van der Waals surface area (Å²) in [4.78, 5) is 10.9. The van der Waals surface area contributed by atoms with E-state index >= 15 is 0 Å². The fourth-order valence-electron chi connectivity index (χ4n) is 2.74. The maximum Gasteiger partial charge on any atom is 0.123 e. The lowest BCUT2D eigenvalue weighted by atomic mass is 9.80. The third kappa shape index (κ3) is 3.72. The molecule has 2 rings (SSSR count).